The summed E-state index contributed by atoms with van der Waals surface area (Å²) < 4.78 is 5.24. The smallest absolute Gasteiger partial charge is 0.112 e. The van der Waals surface area contributed by atoms with E-state index < -0.39 is 4.87 Å². The van der Waals surface area contributed by atoms with Crippen LogP contribution >= 0.6 is 23.2 Å². The summed E-state index contributed by atoms with van der Waals surface area (Å²) in [6.07, 6.45) is 8.09. The van der Waals surface area contributed by atoms with Gasteiger partial charge in [0.15, 0.2) is 0 Å². The molecule has 0 spiro atoms. The minimum absolute atomic E-state index is 0.444. The number of ether oxygens (including phenoxy) is 1. The second-order valence-electron chi connectivity index (χ2n) is 4.49. The predicted octanol–water partition coefficient (Wildman–Crippen LogP) is 4.31. The molecule has 92 valence electrons. The third-order valence-electron chi connectivity index (χ3n) is 3.35. The molecule has 1 nitrogen and oxygen atoms in total. The van der Waals surface area contributed by atoms with Crippen LogP contribution in [0.1, 0.15) is 11.1 Å². The fraction of sp³-hybridized carbons (Fsp3) is 0.200. The van der Waals surface area contributed by atoms with Crippen molar-refractivity contribution in [1.82, 2.24) is 0 Å². The zero-order valence-electron chi connectivity index (χ0n) is 9.91. The van der Waals surface area contributed by atoms with Crippen LogP contribution in [0.25, 0.3) is 11.6 Å². The van der Waals surface area contributed by atoms with Crippen molar-refractivity contribution in [3.05, 3.63) is 58.1 Å². The van der Waals surface area contributed by atoms with Crippen LogP contribution in [0.15, 0.2) is 42.0 Å². The van der Waals surface area contributed by atoms with Gasteiger partial charge in [-0.15, -0.1) is 11.6 Å². The van der Waals surface area contributed by atoms with E-state index >= 15 is 0 Å². The molecule has 2 aliphatic carbocycles. The lowest BCUT2D eigenvalue weighted by Crippen LogP contribution is -2.28. The van der Waals surface area contributed by atoms with Crippen LogP contribution in [-0.2, 0) is 4.74 Å². The van der Waals surface area contributed by atoms with E-state index in [4.69, 9.17) is 27.9 Å². The lowest BCUT2D eigenvalue weighted by molar-refractivity contribution is 0.190. The number of rotatable bonds is 2. The summed E-state index contributed by atoms with van der Waals surface area (Å²) in [5, 5.41) is 0.756. The Kier molecular flexibility index (Phi) is 2.86. The number of halogens is 2. The van der Waals surface area contributed by atoms with Crippen LogP contribution in [0.2, 0.25) is 5.02 Å². The van der Waals surface area contributed by atoms with E-state index in [1.165, 1.54) is 0 Å². The Hall–Kier alpha value is -1.02. The average Bonchev–Trinajstić information content (AvgIpc) is 2.72. The number of alkyl halides is 1. The first kappa shape index (κ1) is 12.0. The zero-order valence-corrected chi connectivity index (χ0v) is 11.4. The van der Waals surface area contributed by atoms with Gasteiger partial charge in [0.25, 0.3) is 0 Å². The van der Waals surface area contributed by atoms with E-state index in [1.54, 1.807) is 7.11 Å². The summed E-state index contributed by atoms with van der Waals surface area (Å²) >= 11 is 12.9. The van der Waals surface area contributed by atoms with Crippen molar-refractivity contribution in [3.8, 4) is 0 Å². The molecule has 0 N–H and O–H groups in total. The van der Waals surface area contributed by atoms with Crippen molar-refractivity contribution in [2.75, 3.05) is 13.7 Å². The van der Waals surface area contributed by atoms with Crippen molar-refractivity contribution >= 4 is 34.9 Å². The second-order valence-corrected chi connectivity index (χ2v) is 5.58. The molecule has 0 saturated carbocycles. The zero-order chi connectivity index (χ0) is 12.8. The van der Waals surface area contributed by atoms with Gasteiger partial charge in [-0.25, -0.2) is 0 Å². The Balaban J connectivity index is 2.16. The molecule has 1 unspecified atom stereocenters. The monoisotopic (exact) mass is 278 g/mol. The van der Waals surface area contributed by atoms with Crippen LogP contribution in [0.4, 0.5) is 0 Å². The molecule has 3 rings (SSSR count). The van der Waals surface area contributed by atoms with Gasteiger partial charge in [-0.1, -0.05) is 42.0 Å². The fourth-order valence-corrected chi connectivity index (χ4v) is 3.10. The van der Waals surface area contributed by atoms with Gasteiger partial charge in [0.2, 0.25) is 0 Å². The molecule has 2 aliphatic rings. The van der Waals surface area contributed by atoms with Crippen LogP contribution in [0.3, 0.4) is 0 Å². The summed E-state index contributed by atoms with van der Waals surface area (Å²) in [5.74, 6) is 0. The standard InChI is InChI=1S/C15H12Cl2O/c1-18-9-15(17)7-3-5-11-10-4-2-6-14(16)12(10)8-13(11)15/h2-8H,9H2,1H3. The number of benzene rings is 1. The normalized spacial score (nSPS) is 24.4. The third kappa shape index (κ3) is 1.66. The van der Waals surface area contributed by atoms with Crippen molar-refractivity contribution < 1.29 is 4.74 Å². The molecule has 0 saturated heterocycles. The first-order valence-corrected chi connectivity index (χ1v) is 6.50. The molecule has 18 heavy (non-hydrogen) atoms. The van der Waals surface area contributed by atoms with E-state index in [9.17, 15) is 0 Å². The first-order chi connectivity index (χ1) is 8.65. The number of fused-ring (bicyclic) bond motifs is 3. The topological polar surface area (TPSA) is 9.23 Å². The Labute approximate surface area is 116 Å². The quantitative estimate of drug-likeness (QED) is 0.733. The van der Waals surface area contributed by atoms with E-state index in [2.05, 4.69) is 18.2 Å². The molecular formula is C15H12Cl2O. The maximum atomic E-state index is 6.65. The van der Waals surface area contributed by atoms with E-state index in [0.29, 0.717) is 6.61 Å². The van der Waals surface area contributed by atoms with Crippen molar-refractivity contribution in [2.45, 2.75) is 4.87 Å². The highest BCUT2D eigenvalue weighted by atomic mass is 35.5. The minimum Gasteiger partial charge on any atom is -0.382 e. The fourth-order valence-electron chi connectivity index (χ4n) is 2.53. The third-order valence-corrected chi connectivity index (χ3v) is 4.12. The molecule has 0 amide bonds. The van der Waals surface area contributed by atoms with Crippen molar-refractivity contribution in [3.63, 3.8) is 0 Å². The maximum Gasteiger partial charge on any atom is 0.112 e. The van der Waals surface area contributed by atoms with Crippen LogP contribution < -0.4 is 0 Å². The second kappa shape index (κ2) is 4.27. The molecule has 3 heteroatoms. The number of allylic oxidation sites excluding steroid dienone is 3. The minimum atomic E-state index is -0.596. The lowest BCUT2D eigenvalue weighted by atomic mass is 9.88. The highest BCUT2D eigenvalue weighted by Crippen LogP contribution is 2.48. The molecule has 0 fully saturated rings. The van der Waals surface area contributed by atoms with E-state index in [0.717, 1.165) is 27.3 Å². The molecular weight excluding hydrogens is 267 g/mol. The summed E-state index contributed by atoms with van der Waals surface area (Å²) in [6, 6.07) is 5.93. The Morgan fingerprint density at radius 2 is 2.17 bits per heavy atom. The molecule has 1 aromatic carbocycles. The van der Waals surface area contributed by atoms with Gasteiger partial charge in [0, 0.05) is 17.7 Å². The lowest BCUT2D eigenvalue weighted by Gasteiger charge is -2.28. The van der Waals surface area contributed by atoms with E-state index in [-0.39, 0.29) is 0 Å². The SMILES string of the molecule is COCC1(Cl)C=CC=C2C1=Cc1c(Cl)cccc12. The molecule has 1 aromatic rings. The molecule has 0 aromatic heterocycles. The van der Waals surface area contributed by atoms with E-state index in [1.807, 2.05) is 24.3 Å². The summed E-state index contributed by atoms with van der Waals surface area (Å²) in [5.41, 5.74) is 4.40. The first-order valence-electron chi connectivity index (χ1n) is 5.74. The Morgan fingerprint density at radius 1 is 1.33 bits per heavy atom. The van der Waals surface area contributed by atoms with Crippen molar-refractivity contribution in [1.29, 1.82) is 0 Å². The number of methoxy groups -OCH3 is 1. The molecule has 0 aliphatic heterocycles. The van der Waals surface area contributed by atoms with Gasteiger partial charge >= 0.3 is 0 Å². The molecule has 1 atom stereocenters. The van der Waals surface area contributed by atoms with Gasteiger partial charge in [-0.05, 0) is 28.9 Å². The van der Waals surface area contributed by atoms with Gasteiger partial charge in [-0.2, -0.15) is 0 Å². The molecule has 0 radical (unpaired) electrons. The average molecular weight is 279 g/mol. The van der Waals surface area contributed by atoms with Crippen LogP contribution in [-0.4, -0.2) is 18.6 Å². The summed E-state index contributed by atoms with van der Waals surface area (Å²) in [7, 11) is 1.66. The summed E-state index contributed by atoms with van der Waals surface area (Å²) in [6.45, 7) is 0.444. The van der Waals surface area contributed by atoms with Crippen LogP contribution in [0.5, 0.6) is 0 Å². The van der Waals surface area contributed by atoms with Gasteiger partial charge in [0.1, 0.15) is 4.87 Å². The highest BCUT2D eigenvalue weighted by Gasteiger charge is 2.37. The molecule has 0 bridgehead atoms. The number of hydrogen-bond acceptors (Lipinski definition) is 1. The van der Waals surface area contributed by atoms with Gasteiger partial charge in [0.05, 0.1) is 6.61 Å². The highest BCUT2D eigenvalue weighted by molar-refractivity contribution is 6.34. The number of hydrogen-bond donors (Lipinski definition) is 0. The van der Waals surface area contributed by atoms with Crippen LogP contribution in [0, 0.1) is 0 Å². The Morgan fingerprint density at radius 3 is 2.94 bits per heavy atom. The molecule has 0 heterocycles. The van der Waals surface area contributed by atoms with Crippen molar-refractivity contribution in [2.24, 2.45) is 0 Å². The van der Waals surface area contributed by atoms with Gasteiger partial charge < -0.3 is 4.74 Å². The van der Waals surface area contributed by atoms with Gasteiger partial charge in [-0.3, -0.25) is 0 Å². The Bertz CT molecular complexity index is 599. The largest absolute Gasteiger partial charge is 0.382 e. The predicted molar refractivity (Wildman–Crippen MR) is 77.0 cm³/mol. The maximum absolute atomic E-state index is 6.65. The summed E-state index contributed by atoms with van der Waals surface area (Å²) in [4.78, 5) is -0.596.